The Balaban J connectivity index is 1.12. The van der Waals surface area contributed by atoms with Gasteiger partial charge in [0.15, 0.2) is 0 Å². The van der Waals surface area contributed by atoms with Gasteiger partial charge in [0.05, 0.1) is 27.8 Å². The highest BCUT2D eigenvalue weighted by Gasteiger charge is 2.19. The lowest BCUT2D eigenvalue weighted by atomic mass is 9.96. The third-order valence-corrected chi connectivity index (χ3v) is 11.3. The number of para-hydroxylation sites is 4. The summed E-state index contributed by atoms with van der Waals surface area (Å²) in [6.07, 6.45) is 0. The van der Waals surface area contributed by atoms with E-state index in [0.717, 1.165) is 11.4 Å². The fraction of sp³-hybridized carbons (Fsp3) is 0. The van der Waals surface area contributed by atoms with Crippen molar-refractivity contribution in [1.82, 2.24) is 9.13 Å². The molecular formula is C54H36N2. The molecule has 0 saturated heterocycles. The molecule has 0 radical (unpaired) electrons. The van der Waals surface area contributed by atoms with Crippen LogP contribution in [0, 0.1) is 0 Å². The standard InChI is InChI=1S/C54H36N2/c1-4-16-37(17-5-1)39-30-32-52-48(35-39)49-36-40(38-18-6-2-7-19-38)31-33-53(49)56(52)50-28-12-10-24-44(50)41-20-14-21-42(34-41)45-26-15-27-47-46-25-11-13-29-51(46)55(54(45)47)43-22-8-3-9-23-43/h1-36H. The van der Waals surface area contributed by atoms with Crippen LogP contribution in [0.2, 0.25) is 0 Å². The molecule has 0 aliphatic rings. The minimum atomic E-state index is 1.15. The highest BCUT2D eigenvalue weighted by molar-refractivity contribution is 6.14. The molecule has 56 heavy (non-hydrogen) atoms. The molecule has 0 atom stereocenters. The van der Waals surface area contributed by atoms with E-state index in [2.05, 4.69) is 228 Å². The van der Waals surface area contributed by atoms with Crippen LogP contribution in [0.5, 0.6) is 0 Å². The number of aromatic nitrogens is 2. The van der Waals surface area contributed by atoms with Gasteiger partial charge in [-0.3, -0.25) is 0 Å². The van der Waals surface area contributed by atoms with E-state index in [1.54, 1.807) is 0 Å². The highest BCUT2D eigenvalue weighted by atomic mass is 15.0. The Morgan fingerprint density at radius 3 is 1.41 bits per heavy atom. The van der Waals surface area contributed by atoms with Crippen molar-refractivity contribution in [2.75, 3.05) is 0 Å². The average molecular weight is 713 g/mol. The smallest absolute Gasteiger partial charge is 0.0619 e. The summed E-state index contributed by atoms with van der Waals surface area (Å²) in [6.45, 7) is 0. The van der Waals surface area contributed by atoms with Crippen molar-refractivity contribution in [2.24, 2.45) is 0 Å². The first kappa shape index (κ1) is 32.0. The minimum Gasteiger partial charge on any atom is -0.309 e. The minimum absolute atomic E-state index is 1.15. The van der Waals surface area contributed by atoms with Gasteiger partial charge < -0.3 is 9.13 Å². The van der Waals surface area contributed by atoms with Crippen LogP contribution >= 0.6 is 0 Å². The van der Waals surface area contributed by atoms with Crippen LogP contribution in [-0.4, -0.2) is 9.13 Å². The maximum Gasteiger partial charge on any atom is 0.0619 e. The van der Waals surface area contributed by atoms with Gasteiger partial charge in [0.2, 0.25) is 0 Å². The fourth-order valence-electron chi connectivity index (χ4n) is 8.77. The third-order valence-electron chi connectivity index (χ3n) is 11.3. The quantitative estimate of drug-likeness (QED) is 0.162. The molecule has 0 spiro atoms. The average Bonchev–Trinajstić information content (AvgIpc) is 3.79. The summed E-state index contributed by atoms with van der Waals surface area (Å²) in [5.74, 6) is 0. The molecule has 0 aliphatic heterocycles. The second kappa shape index (κ2) is 13.2. The van der Waals surface area contributed by atoms with E-state index in [0.29, 0.717) is 0 Å². The van der Waals surface area contributed by atoms with Gasteiger partial charge in [-0.25, -0.2) is 0 Å². The summed E-state index contributed by atoms with van der Waals surface area (Å²) < 4.78 is 4.89. The Morgan fingerprint density at radius 1 is 0.250 bits per heavy atom. The molecule has 2 heteroatoms. The molecule has 11 aromatic rings. The zero-order valence-electron chi connectivity index (χ0n) is 30.7. The second-order valence-corrected chi connectivity index (χ2v) is 14.5. The number of fused-ring (bicyclic) bond motifs is 6. The van der Waals surface area contributed by atoms with Crippen LogP contribution in [-0.2, 0) is 0 Å². The molecule has 9 aromatic carbocycles. The topological polar surface area (TPSA) is 9.86 Å². The molecular weight excluding hydrogens is 677 g/mol. The van der Waals surface area contributed by atoms with E-state index in [1.165, 1.54) is 88.1 Å². The Morgan fingerprint density at radius 2 is 0.732 bits per heavy atom. The summed E-state index contributed by atoms with van der Waals surface area (Å²) in [5, 5.41) is 4.99. The van der Waals surface area contributed by atoms with Crippen LogP contribution in [0.25, 0.3) is 99.5 Å². The van der Waals surface area contributed by atoms with Crippen molar-refractivity contribution < 1.29 is 0 Å². The van der Waals surface area contributed by atoms with Gasteiger partial charge in [-0.05, 0) is 88.0 Å². The second-order valence-electron chi connectivity index (χ2n) is 14.5. The van der Waals surface area contributed by atoms with Crippen LogP contribution < -0.4 is 0 Å². The van der Waals surface area contributed by atoms with Crippen LogP contribution in [0.3, 0.4) is 0 Å². The van der Waals surface area contributed by atoms with E-state index in [-0.39, 0.29) is 0 Å². The molecule has 0 amide bonds. The molecule has 2 aromatic heterocycles. The van der Waals surface area contributed by atoms with E-state index < -0.39 is 0 Å². The van der Waals surface area contributed by atoms with Gasteiger partial charge in [-0.2, -0.15) is 0 Å². The van der Waals surface area contributed by atoms with Crippen molar-refractivity contribution in [3.05, 3.63) is 218 Å². The van der Waals surface area contributed by atoms with E-state index in [4.69, 9.17) is 0 Å². The lowest BCUT2D eigenvalue weighted by Crippen LogP contribution is -1.98. The van der Waals surface area contributed by atoms with Gasteiger partial charge in [0.25, 0.3) is 0 Å². The monoisotopic (exact) mass is 712 g/mol. The number of hydrogen-bond donors (Lipinski definition) is 0. The van der Waals surface area contributed by atoms with Crippen LogP contribution in [0.4, 0.5) is 0 Å². The van der Waals surface area contributed by atoms with Crippen molar-refractivity contribution in [3.8, 4) is 55.9 Å². The highest BCUT2D eigenvalue weighted by Crippen LogP contribution is 2.42. The van der Waals surface area contributed by atoms with Crippen LogP contribution in [0.1, 0.15) is 0 Å². The Kier molecular flexibility index (Phi) is 7.53. The zero-order valence-corrected chi connectivity index (χ0v) is 30.7. The summed E-state index contributed by atoms with van der Waals surface area (Å²) in [7, 11) is 0. The Bertz CT molecular complexity index is 3130. The first-order valence-corrected chi connectivity index (χ1v) is 19.3. The van der Waals surface area contributed by atoms with Crippen molar-refractivity contribution in [3.63, 3.8) is 0 Å². The Hall–Kier alpha value is -7.42. The van der Waals surface area contributed by atoms with Gasteiger partial charge in [0, 0.05) is 38.4 Å². The largest absolute Gasteiger partial charge is 0.309 e. The number of benzene rings is 9. The maximum atomic E-state index is 2.46. The molecule has 0 unspecified atom stereocenters. The Labute approximate surface area is 325 Å². The normalized spacial score (nSPS) is 11.6. The maximum absolute atomic E-state index is 2.46. The third kappa shape index (κ3) is 5.19. The van der Waals surface area contributed by atoms with Crippen molar-refractivity contribution in [2.45, 2.75) is 0 Å². The van der Waals surface area contributed by atoms with Gasteiger partial charge >= 0.3 is 0 Å². The molecule has 0 N–H and O–H groups in total. The lowest BCUT2D eigenvalue weighted by molar-refractivity contribution is 1.18. The molecule has 262 valence electrons. The number of nitrogens with zero attached hydrogens (tertiary/aromatic N) is 2. The SMILES string of the molecule is c1ccc(-c2ccc3c(c2)c2cc(-c4ccccc4)ccc2n3-c2ccccc2-c2cccc(-c3cccc4c5ccccc5n(-c5ccccc5)c34)c2)cc1. The predicted molar refractivity (Wildman–Crippen MR) is 237 cm³/mol. The molecule has 0 aliphatic carbocycles. The molecule has 11 rings (SSSR count). The molecule has 0 bridgehead atoms. The fourth-order valence-corrected chi connectivity index (χ4v) is 8.77. The molecule has 2 nitrogen and oxygen atoms in total. The van der Waals surface area contributed by atoms with Gasteiger partial charge in [-0.1, -0.05) is 164 Å². The van der Waals surface area contributed by atoms with E-state index in [9.17, 15) is 0 Å². The summed E-state index contributed by atoms with van der Waals surface area (Å²) in [5.41, 5.74) is 16.7. The zero-order chi connectivity index (χ0) is 37.0. The van der Waals surface area contributed by atoms with Gasteiger partial charge in [-0.15, -0.1) is 0 Å². The first-order valence-electron chi connectivity index (χ1n) is 19.3. The van der Waals surface area contributed by atoms with Crippen molar-refractivity contribution >= 4 is 43.6 Å². The van der Waals surface area contributed by atoms with Crippen LogP contribution in [0.15, 0.2) is 218 Å². The van der Waals surface area contributed by atoms with E-state index >= 15 is 0 Å². The predicted octanol–water partition coefficient (Wildman–Crippen LogP) is 14.5. The van der Waals surface area contributed by atoms with Crippen molar-refractivity contribution in [1.29, 1.82) is 0 Å². The van der Waals surface area contributed by atoms with Gasteiger partial charge in [0.1, 0.15) is 0 Å². The van der Waals surface area contributed by atoms with E-state index in [1.807, 2.05) is 0 Å². The number of rotatable bonds is 6. The summed E-state index contributed by atoms with van der Waals surface area (Å²) >= 11 is 0. The molecule has 0 fully saturated rings. The summed E-state index contributed by atoms with van der Waals surface area (Å²) in [4.78, 5) is 0. The summed E-state index contributed by atoms with van der Waals surface area (Å²) in [6, 6.07) is 79.4. The number of hydrogen-bond acceptors (Lipinski definition) is 0. The molecule has 2 heterocycles. The lowest BCUT2D eigenvalue weighted by Gasteiger charge is -2.16. The first-order chi connectivity index (χ1) is 27.8. The molecule has 0 saturated carbocycles.